The summed E-state index contributed by atoms with van der Waals surface area (Å²) >= 11 is 0. The third kappa shape index (κ3) is 1.58. The molecule has 0 aromatic carbocycles. The number of oxazole rings is 1. The Hall–Kier alpha value is -0.830. The molecule has 3 heteroatoms. The molecule has 0 spiro atoms. The molecule has 1 aromatic rings. The smallest absolute Gasteiger partial charge is 0.200 e. The molecule has 0 amide bonds. The van der Waals surface area contributed by atoms with Gasteiger partial charge in [0.1, 0.15) is 5.76 Å². The molecule has 2 heterocycles. The van der Waals surface area contributed by atoms with Crippen molar-refractivity contribution in [2.75, 3.05) is 13.1 Å². The molecule has 16 heavy (non-hydrogen) atoms. The van der Waals surface area contributed by atoms with Crippen molar-refractivity contribution in [2.45, 2.75) is 50.9 Å². The van der Waals surface area contributed by atoms with Gasteiger partial charge in [0, 0.05) is 24.9 Å². The zero-order valence-electron chi connectivity index (χ0n) is 10.1. The van der Waals surface area contributed by atoms with Crippen molar-refractivity contribution in [3.63, 3.8) is 0 Å². The Morgan fingerprint density at radius 2 is 2.00 bits per heavy atom. The van der Waals surface area contributed by atoms with E-state index < -0.39 is 0 Å². The molecule has 88 valence electrons. The van der Waals surface area contributed by atoms with Crippen LogP contribution >= 0.6 is 0 Å². The summed E-state index contributed by atoms with van der Waals surface area (Å²) in [5.74, 6) is 3.79. The maximum Gasteiger partial charge on any atom is 0.200 e. The molecule has 1 N–H and O–H groups in total. The first-order valence-electron chi connectivity index (χ1n) is 6.47. The molecule has 3 nitrogen and oxygen atoms in total. The van der Waals surface area contributed by atoms with E-state index in [1.807, 2.05) is 0 Å². The lowest BCUT2D eigenvalue weighted by atomic mass is 9.81. The van der Waals surface area contributed by atoms with E-state index in [0.29, 0.717) is 17.8 Å². The van der Waals surface area contributed by atoms with Gasteiger partial charge in [-0.05, 0) is 12.8 Å². The van der Waals surface area contributed by atoms with Gasteiger partial charge in [0.05, 0.1) is 11.6 Å². The van der Waals surface area contributed by atoms with Crippen LogP contribution in [0.2, 0.25) is 0 Å². The van der Waals surface area contributed by atoms with E-state index in [-0.39, 0.29) is 0 Å². The van der Waals surface area contributed by atoms with E-state index in [1.54, 1.807) is 0 Å². The van der Waals surface area contributed by atoms with Crippen molar-refractivity contribution in [3.8, 4) is 0 Å². The molecule has 0 atom stereocenters. The maximum absolute atomic E-state index is 5.99. The van der Waals surface area contributed by atoms with Crippen LogP contribution in [0.3, 0.4) is 0 Å². The van der Waals surface area contributed by atoms with Gasteiger partial charge in [-0.1, -0.05) is 20.3 Å². The van der Waals surface area contributed by atoms with E-state index in [9.17, 15) is 0 Å². The van der Waals surface area contributed by atoms with Gasteiger partial charge in [0.15, 0.2) is 5.89 Å². The maximum atomic E-state index is 5.99. The van der Waals surface area contributed by atoms with E-state index in [1.165, 1.54) is 25.0 Å². The Morgan fingerprint density at radius 1 is 1.25 bits per heavy atom. The highest BCUT2D eigenvalue weighted by Crippen LogP contribution is 2.40. The Kier molecular flexibility index (Phi) is 2.51. The van der Waals surface area contributed by atoms with Crippen molar-refractivity contribution >= 4 is 0 Å². The topological polar surface area (TPSA) is 38.1 Å². The molecule has 0 bridgehead atoms. The first kappa shape index (κ1) is 10.3. The highest BCUT2D eigenvalue weighted by Gasteiger charge is 2.31. The number of nitrogens with one attached hydrogen (secondary N) is 1. The Balaban J connectivity index is 1.90. The number of hydrogen-bond acceptors (Lipinski definition) is 3. The summed E-state index contributed by atoms with van der Waals surface area (Å²) in [7, 11) is 0. The molecular weight excluding hydrogens is 200 g/mol. The van der Waals surface area contributed by atoms with Crippen LogP contribution in [0.5, 0.6) is 0 Å². The highest BCUT2D eigenvalue weighted by atomic mass is 16.4. The molecule has 1 aliphatic carbocycles. The van der Waals surface area contributed by atoms with E-state index in [2.05, 4.69) is 19.2 Å². The van der Waals surface area contributed by atoms with Gasteiger partial charge < -0.3 is 9.73 Å². The average molecular weight is 220 g/mol. The minimum Gasteiger partial charge on any atom is -0.445 e. The highest BCUT2D eigenvalue weighted by molar-refractivity contribution is 5.22. The zero-order chi connectivity index (χ0) is 11.1. The van der Waals surface area contributed by atoms with Crippen LogP contribution in [0.1, 0.15) is 68.2 Å². The first-order chi connectivity index (χ1) is 7.75. The quantitative estimate of drug-likeness (QED) is 0.851. The summed E-state index contributed by atoms with van der Waals surface area (Å²) in [6.07, 6.45) is 3.96. The summed E-state index contributed by atoms with van der Waals surface area (Å²) in [4.78, 5) is 4.77. The standard InChI is InChI=1S/C13H20N2O/c1-8(2)12-11(9-4-3-5-9)15-13(16-12)10-6-14-7-10/h8-10,14H,3-7H2,1-2H3. The molecule has 2 aliphatic rings. The fourth-order valence-corrected chi connectivity index (χ4v) is 2.39. The van der Waals surface area contributed by atoms with Gasteiger partial charge >= 0.3 is 0 Å². The molecule has 1 aliphatic heterocycles. The van der Waals surface area contributed by atoms with Crippen molar-refractivity contribution in [2.24, 2.45) is 0 Å². The minimum absolute atomic E-state index is 0.463. The van der Waals surface area contributed by atoms with Crippen molar-refractivity contribution in [1.82, 2.24) is 10.3 Å². The number of nitrogens with zero attached hydrogens (tertiary/aromatic N) is 1. The molecular formula is C13H20N2O. The molecule has 0 radical (unpaired) electrons. The molecule has 2 fully saturated rings. The molecule has 1 aromatic heterocycles. The molecule has 1 saturated carbocycles. The van der Waals surface area contributed by atoms with Crippen LogP contribution < -0.4 is 5.32 Å². The van der Waals surface area contributed by atoms with Gasteiger partial charge in [-0.15, -0.1) is 0 Å². The Bertz CT molecular complexity index is 375. The van der Waals surface area contributed by atoms with Crippen LogP contribution in [0.25, 0.3) is 0 Å². The monoisotopic (exact) mass is 220 g/mol. The SMILES string of the molecule is CC(C)c1oc(C2CNC2)nc1C1CCC1. The minimum atomic E-state index is 0.463. The van der Waals surface area contributed by atoms with Crippen LogP contribution in [-0.2, 0) is 0 Å². The molecule has 0 unspecified atom stereocenters. The van der Waals surface area contributed by atoms with Crippen LogP contribution in [0.15, 0.2) is 4.42 Å². The largest absolute Gasteiger partial charge is 0.445 e. The van der Waals surface area contributed by atoms with Crippen molar-refractivity contribution in [1.29, 1.82) is 0 Å². The molecule has 1 saturated heterocycles. The lowest BCUT2D eigenvalue weighted by molar-refractivity contribution is 0.339. The summed E-state index contributed by atoms with van der Waals surface area (Å²) < 4.78 is 5.99. The van der Waals surface area contributed by atoms with Gasteiger partial charge in [-0.25, -0.2) is 4.98 Å². The number of rotatable bonds is 3. The second-order valence-corrected chi connectivity index (χ2v) is 5.44. The summed E-state index contributed by atoms with van der Waals surface area (Å²) in [6, 6.07) is 0. The first-order valence-corrected chi connectivity index (χ1v) is 6.47. The summed E-state index contributed by atoms with van der Waals surface area (Å²) in [5.41, 5.74) is 1.27. The van der Waals surface area contributed by atoms with Crippen molar-refractivity contribution in [3.05, 3.63) is 17.3 Å². The third-order valence-electron chi connectivity index (χ3n) is 3.84. The normalized spacial score (nSPS) is 22.2. The molecule has 3 rings (SSSR count). The fraction of sp³-hybridized carbons (Fsp3) is 0.769. The lowest BCUT2D eigenvalue weighted by Crippen LogP contribution is -2.40. The predicted molar refractivity (Wildman–Crippen MR) is 62.8 cm³/mol. The second-order valence-electron chi connectivity index (χ2n) is 5.44. The summed E-state index contributed by atoms with van der Waals surface area (Å²) in [5, 5.41) is 3.27. The van der Waals surface area contributed by atoms with E-state index in [0.717, 1.165) is 24.7 Å². The fourth-order valence-electron chi connectivity index (χ4n) is 2.39. The average Bonchev–Trinajstić information content (AvgIpc) is 2.42. The second kappa shape index (κ2) is 3.88. The van der Waals surface area contributed by atoms with Gasteiger partial charge in [0.25, 0.3) is 0 Å². The third-order valence-corrected chi connectivity index (χ3v) is 3.84. The van der Waals surface area contributed by atoms with Gasteiger partial charge in [0.2, 0.25) is 0 Å². The van der Waals surface area contributed by atoms with Crippen LogP contribution in [-0.4, -0.2) is 18.1 Å². The zero-order valence-corrected chi connectivity index (χ0v) is 10.1. The van der Waals surface area contributed by atoms with Gasteiger partial charge in [-0.2, -0.15) is 0 Å². The van der Waals surface area contributed by atoms with Crippen LogP contribution in [0.4, 0.5) is 0 Å². The van der Waals surface area contributed by atoms with Crippen LogP contribution in [0, 0.1) is 0 Å². The Morgan fingerprint density at radius 3 is 2.44 bits per heavy atom. The van der Waals surface area contributed by atoms with Gasteiger partial charge in [-0.3, -0.25) is 0 Å². The van der Waals surface area contributed by atoms with E-state index in [4.69, 9.17) is 9.40 Å². The lowest BCUT2D eigenvalue weighted by Gasteiger charge is -2.25. The number of hydrogen-bond donors (Lipinski definition) is 1. The van der Waals surface area contributed by atoms with Crippen molar-refractivity contribution < 1.29 is 4.42 Å². The number of aromatic nitrogens is 1. The Labute approximate surface area is 96.6 Å². The van der Waals surface area contributed by atoms with E-state index >= 15 is 0 Å². The predicted octanol–water partition coefficient (Wildman–Crippen LogP) is 2.75. The summed E-state index contributed by atoms with van der Waals surface area (Å²) in [6.45, 7) is 6.46.